The number of nitrogen functional groups attached to an aromatic ring is 1. The number of benzene rings is 2. The van der Waals surface area contributed by atoms with Gasteiger partial charge in [-0.05, 0) is 52.3 Å². The van der Waals surface area contributed by atoms with Crippen molar-refractivity contribution in [1.29, 1.82) is 0 Å². The van der Waals surface area contributed by atoms with Crippen molar-refractivity contribution in [3.05, 3.63) is 52.5 Å². The molecule has 8 heteroatoms. The highest BCUT2D eigenvalue weighted by atomic mass is 79.9. The van der Waals surface area contributed by atoms with Crippen LogP contribution in [0.25, 0.3) is 0 Å². The highest BCUT2D eigenvalue weighted by molar-refractivity contribution is 9.10. The molecule has 0 spiro atoms. The molecule has 0 aliphatic carbocycles. The number of nitrogens with one attached hydrogen (secondary N) is 1. The van der Waals surface area contributed by atoms with E-state index in [1.165, 1.54) is 18.2 Å². The minimum atomic E-state index is -4.02. The number of sulfonamides is 1. The number of halogens is 3. The molecule has 3 N–H and O–H groups in total. The topological polar surface area (TPSA) is 72.2 Å². The Bertz CT molecular complexity index is 766. The third kappa shape index (κ3) is 3.07. The summed E-state index contributed by atoms with van der Waals surface area (Å²) in [6, 6.07) is 6.82. The summed E-state index contributed by atoms with van der Waals surface area (Å²) in [6.45, 7) is 0. The molecule has 0 bridgehead atoms. The molecule has 0 aliphatic heterocycles. The molecular weight excluding hydrogens is 354 g/mol. The second kappa shape index (κ2) is 5.37. The summed E-state index contributed by atoms with van der Waals surface area (Å²) in [5.41, 5.74) is 6.23. The highest BCUT2D eigenvalue weighted by Gasteiger charge is 2.17. The van der Waals surface area contributed by atoms with Crippen LogP contribution in [0.3, 0.4) is 0 Å². The van der Waals surface area contributed by atoms with Crippen molar-refractivity contribution in [2.24, 2.45) is 0 Å². The average molecular weight is 363 g/mol. The van der Waals surface area contributed by atoms with Crippen LogP contribution in [0.5, 0.6) is 0 Å². The predicted molar refractivity (Wildman–Crippen MR) is 75.7 cm³/mol. The van der Waals surface area contributed by atoms with E-state index in [1.807, 2.05) is 0 Å². The molecule has 4 nitrogen and oxygen atoms in total. The lowest BCUT2D eigenvalue weighted by Gasteiger charge is -2.10. The largest absolute Gasteiger partial charge is 0.399 e. The number of hydrogen-bond donors (Lipinski definition) is 2. The van der Waals surface area contributed by atoms with Crippen molar-refractivity contribution in [2.45, 2.75) is 4.90 Å². The summed E-state index contributed by atoms with van der Waals surface area (Å²) in [5, 5.41) is 0. The molecule has 0 heterocycles. The molecule has 0 saturated carbocycles. The third-order valence-corrected chi connectivity index (χ3v) is 4.46. The molecule has 2 aromatic rings. The molecular formula is C12H9BrF2N2O2S. The molecule has 0 unspecified atom stereocenters. The van der Waals surface area contributed by atoms with Crippen LogP contribution in [-0.2, 0) is 10.0 Å². The predicted octanol–water partition coefficient (Wildman–Crippen LogP) is 3.11. The zero-order valence-corrected chi connectivity index (χ0v) is 12.3. The van der Waals surface area contributed by atoms with Gasteiger partial charge in [0.1, 0.15) is 0 Å². The minimum absolute atomic E-state index is 0.240. The lowest BCUT2D eigenvalue weighted by Crippen LogP contribution is -2.13. The maximum absolute atomic E-state index is 13.1. The highest BCUT2D eigenvalue weighted by Crippen LogP contribution is 2.27. The molecule has 2 aromatic carbocycles. The second-order valence-electron chi connectivity index (χ2n) is 3.92. The van der Waals surface area contributed by atoms with Crippen molar-refractivity contribution in [3.63, 3.8) is 0 Å². The first-order chi connectivity index (χ1) is 9.29. The molecule has 0 saturated heterocycles. The first-order valence-electron chi connectivity index (χ1n) is 5.32. The molecule has 2 rings (SSSR count). The van der Waals surface area contributed by atoms with Gasteiger partial charge >= 0.3 is 0 Å². The molecule has 0 radical (unpaired) electrons. The Morgan fingerprint density at radius 1 is 1.05 bits per heavy atom. The fourth-order valence-corrected chi connectivity index (χ4v) is 3.18. The number of hydrogen-bond acceptors (Lipinski definition) is 3. The Hall–Kier alpha value is -1.67. The molecule has 20 heavy (non-hydrogen) atoms. The van der Waals surface area contributed by atoms with Crippen LogP contribution >= 0.6 is 15.9 Å². The summed E-state index contributed by atoms with van der Waals surface area (Å²) >= 11 is 3.16. The summed E-state index contributed by atoms with van der Waals surface area (Å²) < 4.78 is 52.7. The van der Waals surface area contributed by atoms with Gasteiger partial charge in [-0.1, -0.05) is 0 Å². The molecule has 0 aromatic heterocycles. The van der Waals surface area contributed by atoms with Crippen molar-refractivity contribution in [2.75, 3.05) is 10.5 Å². The standard InChI is InChI=1S/C12H9BrF2N2O2S/c13-9-5-7(16)1-4-12(9)17-20(18,19)8-2-3-10(14)11(15)6-8/h1-6,17H,16H2. The van der Waals surface area contributed by atoms with E-state index in [2.05, 4.69) is 20.7 Å². The molecule has 106 valence electrons. The van der Waals surface area contributed by atoms with Gasteiger partial charge in [0.2, 0.25) is 0 Å². The van der Waals surface area contributed by atoms with E-state index in [9.17, 15) is 17.2 Å². The van der Waals surface area contributed by atoms with Crippen LogP contribution < -0.4 is 10.5 Å². The van der Waals surface area contributed by atoms with Gasteiger partial charge in [0, 0.05) is 10.2 Å². The van der Waals surface area contributed by atoms with Gasteiger partial charge in [-0.25, -0.2) is 17.2 Å². The Morgan fingerprint density at radius 3 is 2.35 bits per heavy atom. The SMILES string of the molecule is Nc1ccc(NS(=O)(=O)c2ccc(F)c(F)c2)c(Br)c1. The summed E-state index contributed by atoms with van der Waals surface area (Å²) in [4.78, 5) is -0.375. The minimum Gasteiger partial charge on any atom is -0.399 e. The van der Waals surface area contributed by atoms with Crippen molar-refractivity contribution < 1.29 is 17.2 Å². The third-order valence-electron chi connectivity index (χ3n) is 2.44. The lowest BCUT2D eigenvalue weighted by atomic mass is 10.3. The van der Waals surface area contributed by atoms with E-state index in [0.717, 1.165) is 12.1 Å². The Labute approximate surface area is 122 Å². The Balaban J connectivity index is 2.38. The summed E-state index contributed by atoms with van der Waals surface area (Å²) in [7, 11) is -4.02. The van der Waals surface area contributed by atoms with Crippen molar-refractivity contribution in [3.8, 4) is 0 Å². The molecule has 0 amide bonds. The zero-order chi connectivity index (χ0) is 14.9. The fraction of sp³-hybridized carbons (Fsp3) is 0. The van der Waals surface area contributed by atoms with Crippen LogP contribution in [0.15, 0.2) is 45.8 Å². The second-order valence-corrected chi connectivity index (χ2v) is 6.46. The molecule has 0 atom stereocenters. The average Bonchev–Trinajstić information content (AvgIpc) is 2.36. The lowest BCUT2D eigenvalue weighted by molar-refractivity contribution is 0.504. The normalized spacial score (nSPS) is 11.3. The number of nitrogens with two attached hydrogens (primary N) is 1. The van der Waals surface area contributed by atoms with Gasteiger partial charge in [0.05, 0.1) is 10.6 Å². The smallest absolute Gasteiger partial charge is 0.262 e. The van der Waals surface area contributed by atoms with Crippen LogP contribution in [0.1, 0.15) is 0 Å². The maximum Gasteiger partial charge on any atom is 0.262 e. The van der Waals surface area contributed by atoms with Gasteiger partial charge < -0.3 is 5.73 Å². The monoisotopic (exact) mass is 362 g/mol. The van der Waals surface area contributed by atoms with Crippen LogP contribution in [0.2, 0.25) is 0 Å². The summed E-state index contributed by atoms with van der Waals surface area (Å²) in [5.74, 6) is -2.35. The van der Waals surface area contributed by atoms with Gasteiger partial charge in [0.15, 0.2) is 11.6 Å². The van der Waals surface area contributed by atoms with Gasteiger partial charge in [-0.3, -0.25) is 4.72 Å². The van der Waals surface area contributed by atoms with E-state index < -0.39 is 21.7 Å². The number of rotatable bonds is 3. The maximum atomic E-state index is 13.1. The first-order valence-corrected chi connectivity index (χ1v) is 7.60. The Kier molecular flexibility index (Phi) is 3.96. The fourth-order valence-electron chi connectivity index (χ4n) is 1.46. The zero-order valence-electron chi connectivity index (χ0n) is 9.90. The molecule has 0 fully saturated rings. The van der Waals surface area contributed by atoms with Crippen molar-refractivity contribution >= 4 is 37.3 Å². The van der Waals surface area contributed by atoms with Crippen molar-refractivity contribution in [1.82, 2.24) is 0 Å². The van der Waals surface area contributed by atoms with E-state index in [0.29, 0.717) is 16.2 Å². The van der Waals surface area contributed by atoms with Gasteiger partial charge in [-0.2, -0.15) is 0 Å². The summed E-state index contributed by atoms with van der Waals surface area (Å²) in [6.07, 6.45) is 0. The Morgan fingerprint density at radius 2 is 1.75 bits per heavy atom. The number of anilines is 2. The first kappa shape index (κ1) is 14.7. The van der Waals surface area contributed by atoms with E-state index in [4.69, 9.17) is 5.73 Å². The molecule has 0 aliphatic rings. The van der Waals surface area contributed by atoms with E-state index in [1.54, 1.807) is 0 Å². The van der Waals surface area contributed by atoms with Crippen LogP contribution in [0, 0.1) is 11.6 Å². The van der Waals surface area contributed by atoms with E-state index in [-0.39, 0.29) is 10.6 Å². The van der Waals surface area contributed by atoms with Crippen LogP contribution in [0.4, 0.5) is 20.2 Å². The van der Waals surface area contributed by atoms with E-state index >= 15 is 0 Å². The van der Waals surface area contributed by atoms with Gasteiger partial charge in [-0.15, -0.1) is 0 Å². The van der Waals surface area contributed by atoms with Crippen LogP contribution in [-0.4, -0.2) is 8.42 Å². The van der Waals surface area contributed by atoms with Gasteiger partial charge in [0.25, 0.3) is 10.0 Å². The quantitative estimate of drug-likeness (QED) is 0.824.